The molecule has 1 aliphatic rings. The molecule has 1 saturated heterocycles. The zero-order valence-electron chi connectivity index (χ0n) is 9.49. The molecule has 1 aliphatic heterocycles. The lowest BCUT2D eigenvalue weighted by Gasteiger charge is -2.35. The Kier molecular flexibility index (Phi) is 3.93. The third-order valence-corrected chi connectivity index (χ3v) is 2.95. The molecule has 0 aromatic rings. The van der Waals surface area contributed by atoms with Crippen LogP contribution in [0.2, 0.25) is 0 Å². The summed E-state index contributed by atoms with van der Waals surface area (Å²) in [6.07, 6.45) is 1.70. The van der Waals surface area contributed by atoms with Crippen LogP contribution in [0.4, 0.5) is 0 Å². The lowest BCUT2D eigenvalue weighted by molar-refractivity contribution is -0.133. The number of hydrogen-bond donors (Lipinski definition) is 1. The SMILES string of the molecule is CC(C)CC(=O)N1CCC(C)C(N)C1. The van der Waals surface area contributed by atoms with Gasteiger partial charge < -0.3 is 10.6 Å². The van der Waals surface area contributed by atoms with E-state index in [9.17, 15) is 4.79 Å². The monoisotopic (exact) mass is 198 g/mol. The molecule has 2 N–H and O–H groups in total. The van der Waals surface area contributed by atoms with Crippen LogP contribution in [0.1, 0.15) is 33.6 Å². The second-order valence-corrected chi connectivity index (χ2v) is 4.87. The maximum Gasteiger partial charge on any atom is 0.222 e. The number of nitrogens with two attached hydrogens (primary N) is 1. The van der Waals surface area contributed by atoms with Crippen LogP contribution in [0.5, 0.6) is 0 Å². The minimum atomic E-state index is 0.167. The third kappa shape index (κ3) is 2.98. The van der Waals surface area contributed by atoms with E-state index in [2.05, 4.69) is 20.8 Å². The molecule has 1 rings (SSSR count). The maximum absolute atomic E-state index is 11.7. The van der Waals surface area contributed by atoms with Gasteiger partial charge in [-0.05, 0) is 18.3 Å². The Morgan fingerprint density at radius 3 is 2.71 bits per heavy atom. The van der Waals surface area contributed by atoms with E-state index in [1.54, 1.807) is 0 Å². The molecule has 0 aromatic carbocycles. The van der Waals surface area contributed by atoms with Gasteiger partial charge in [-0.15, -0.1) is 0 Å². The molecule has 1 heterocycles. The number of likely N-dealkylation sites (tertiary alicyclic amines) is 1. The molecule has 2 unspecified atom stereocenters. The number of hydrogen-bond acceptors (Lipinski definition) is 2. The van der Waals surface area contributed by atoms with E-state index in [1.165, 1.54) is 0 Å². The normalized spacial score (nSPS) is 28.2. The third-order valence-electron chi connectivity index (χ3n) is 2.95. The van der Waals surface area contributed by atoms with Crippen LogP contribution in [0.3, 0.4) is 0 Å². The number of carbonyl (C=O) groups excluding carboxylic acids is 1. The number of amides is 1. The van der Waals surface area contributed by atoms with Crippen molar-refractivity contribution in [2.45, 2.75) is 39.7 Å². The largest absolute Gasteiger partial charge is 0.341 e. The van der Waals surface area contributed by atoms with E-state index in [-0.39, 0.29) is 11.9 Å². The van der Waals surface area contributed by atoms with Gasteiger partial charge in [0.1, 0.15) is 0 Å². The first-order valence-corrected chi connectivity index (χ1v) is 5.54. The van der Waals surface area contributed by atoms with E-state index in [4.69, 9.17) is 5.73 Å². The summed E-state index contributed by atoms with van der Waals surface area (Å²) in [4.78, 5) is 13.7. The van der Waals surface area contributed by atoms with Crippen LogP contribution in [0, 0.1) is 11.8 Å². The van der Waals surface area contributed by atoms with Crippen molar-refractivity contribution < 1.29 is 4.79 Å². The van der Waals surface area contributed by atoms with Crippen molar-refractivity contribution >= 4 is 5.91 Å². The fourth-order valence-corrected chi connectivity index (χ4v) is 1.80. The Labute approximate surface area is 86.6 Å². The summed E-state index contributed by atoms with van der Waals surface area (Å²) in [5.74, 6) is 1.26. The summed E-state index contributed by atoms with van der Waals surface area (Å²) in [5, 5.41) is 0. The Morgan fingerprint density at radius 2 is 2.21 bits per heavy atom. The summed E-state index contributed by atoms with van der Waals surface area (Å²) >= 11 is 0. The lowest BCUT2D eigenvalue weighted by atomic mass is 9.94. The van der Waals surface area contributed by atoms with E-state index >= 15 is 0 Å². The molecule has 1 fully saturated rings. The molecule has 1 amide bonds. The van der Waals surface area contributed by atoms with Crippen LogP contribution in [-0.2, 0) is 4.79 Å². The summed E-state index contributed by atoms with van der Waals surface area (Å²) < 4.78 is 0. The van der Waals surface area contributed by atoms with Gasteiger partial charge in [-0.2, -0.15) is 0 Å². The van der Waals surface area contributed by atoms with Crippen molar-refractivity contribution in [3.63, 3.8) is 0 Å². The van der Waals surface area contributed by atoms with E-state index in [1.807, 2.05) is 4.90 Å². The van der Waals surface area contributed by atoms with Gasteiger partial charge in [-0.25, -0.2) is 0 Å². The van der Waals surface area contributed by atoms with Crippen LogP contribution in [-0.4, -0.2) is 29.9 Å². The van der Waals surface area contributed by atoms with E-state index < -0.39 is 0 Å². The number of rotatable bonds is 2. The van der Waals surface area contributed by atoms with E-state index in [0.29, 0.717) is 18.3 Å². The average Bonchev–Trinajstić information content (AvgIpc) is 2.08. The Balaban J connectivity index is 2.42. The van der Waals surface area contributed by atoms with Crippen molar-refractivity contribution in [3.8, 4) is 0 Å². The van der Waals surface area contributed by atoms with Crippen LogP contribution in [0.15, 0.2) is 0 Å². The minimum Gasteiger partial charge on any atom is -0.341 e. The van der Waals surface area contributed by atoms with Crippen LogP contribution >= 0.6 is 0 Å². The molecule has 82 valence electrons. The molecule has 14 heavy (non-hydrogen) atoms. The Hall–Kier alpha value is -0.570. The molecule has 0 spiro atoms. The summed E-state index contributed by atoms with van der Waals surface area (Å²) in [7, 11) is 0. The summed E-state index contributed by atoms with van der Waals surface area (Å²) in [6.45, 7) is 7.94. The molecule has 0 saturated carbocycles. The first-order valence-electron chi connectivity index (χ1n) is 5.54. The van der Waals surface area contributed by atoms with Gasteiger partial charge in [0, 0.05) is 25.6 Å². The van der Waals surface area contributed by atoms with E-state index in [0.717, 1.165) is 19.5 Å². The van der Waals surface area contributed by atoms with Gasteiger partial charge in [0.25, 0.3) is 0 Å². The molecule has 0 bridgehead atoms. The van der Waals surface area contributed by atoms with Gasteiger partial charge in [-0.1, -0.05) is 20.8 Å². The van der Waals surface area contributed by atoms with Gasteiger partial charge in [-0.3, -0.25) is 4.79 Å². The lowest BCUT2D eigenvalue weighted by Crippen LogP contribution is -2.49. The fourth-order valence-electron chi connectivity index (χ4n) is 1.80. The molecular weight excluding hydrogens is 176 g/mol. The number of nitrogens with zero attached hydrogens (tertiary/aromatic N) is 1. The highest BCUT2D eigenvalue weighted by atomic mass is 16.2. The predicted molar refractivity (Wildman–Crippen MR) is 57.8 cm³/mol. The molecule has 2 atom stereocenters. The first kappa shape index (κ1) is 11.5. The predicted octanol–water partition coefficient (Wildman–Crippen LogP) is 1.23. The smallest absolute Gasteiger partial charge is 0.222 e. The highest BCUT2D eigenvalue weighted by Gasteiger charge is 2.26. The van der Waals surface area contributed by atoms with Crippen molar-refractivity contribution in [1.29, 1.82) is 0 Å². The molecule has 3 nitrogen and oxygen atoms in total. The second kappa shape index (κ2) is 4.78. The Morgan fingerprint density at radius 1 is 1.57 bits per heavy atom. The van der Waals surface area contributed by atoms with Gasteiger partial charge in [0.05, 0.1) is 0 Å². The first-order chi connectivity index (χ1) is 6.50. The standard InChI is InChI=1S/C11H22N2O/c1-8(2)6-11(14)13-5-4-9(3)10(12)7-13/h8-10H,4-7,12H2,1-3H3. The molecule has 0 aliphatic carbocycles. The summed E-state index contributed by atoms with van der Waals surface area (Å²) in [6, 6.07) is 0.167. The Bertz CT molecular complexity index is 203. The zero-order valence-corrected chi connectivity index (χ0v) is 9.49. The van der Waals surface area contributed by atoms with Gasteiger partial charge in [0.2, 0.25) is 5.91 Å². The molecular formula is C11H22N2O. The van der Waals surface area contributed by atoms with Gasteiger partial charge in [0.15, 0.2) is 0 Å². The molecule has 0 aromatic heterocycles. The zero-order chi connectivity index (χ0) is 10.7. The van der Waals surface area contributed by atoms with Crippen molar-refractivity contribution in [2.24, 2.45) is 17.6 Å². The summed E-state index contributed by atoms with van der Waals surface area (Å²) in [5.41, 5.74) is 5.94. The second-order valence-electron chi connectivity index (χ2n) is 4.87. The highest BCUT2D eigenvalue weighted by molar-refractivity contribution is 5.76. The maximum atomic E-state index is 11.7. The number of carbonyl (C=O) groups is 1. The van der Waals surface area contributed by atoms with Gasteiger partial charge >= 0.3 is 0 Å². The van der Waals surface area contributed by atoms with Crippen molar-refractivity contribution in [1.82, 2.24) is 4.90 Å². The molecule has 0 radical (unpaired) electrons. The van der Waals surface area contributed by atoms with Crippen LogP contribution in [0.25, 0.3) is 0 Å². The van der Waals surface area contributed by atoms with Crippen molar-refractivity contribution in [2.75, 3.05) is 13.1 Å². The van der Waals surface area contributed by atoms with Crippen molar-refractivity contribution in [3.05, 3.63) is 0 Å². The average molecular weight is 198 g/mol. The fraction of sp³-hybridized carbons (Fsp3) is 0.909. The van der Waals surface area contributed by atoms with Crippen LogP contribution < -0.4 is 5.73 Å². The highest BCUT2D eigenvalue weighted by Crippen LogP contribution is 2.17. The number of piperidine rings is 1. The quantitative estimate of drug-likeness (QED) is 0.725. The topological polar surface area (TPSA) is 46.3 Å². The molecule has 3 heteroatoms. The minimum absolute atomic E-state index is 0.167.